The molecule has 1 N–H and O–H groups in total. The Bertz CT molecular complexity index is 361. The molecule has 1 aliphatic carbocycles. The molecule has 1 aromatic carbocycles. The highest BCUT2D eigenvalue weighted by atomic mass is 16.2. The fourth-order valence-electron chi connectivity index (χ4n) is 2.95. The van der Waals surface area contributed by atoms with Gasteiger partial charge in [-0.15, -0.1) is 0 Å². The van der Waals surface area contributed by atoms with Crippen molar-refractivity contribution >= 4 is 6.29 Å². The molecule has 2 rings (SSSR count). The van der Waals surface area contributed by atoms with Crippen LogP contribution in [-0.2, 0) is 11.2 Å². The molecule has 0 unspecified atom stereocenters. The van der Waals surface area contributed by atoms with Crippen LogP contribution < -0.4 is 0 Å². The topological polar surface area (TPSA) is 37.3 Å². The first kappa shape index (κ1) is 13.3. The zero-order chi connectivity index (χ0) is 12.8. The minimum absolute atomic E-state index is 0.218. The van der Waals surface area contributed by atoms with Crippen molar-refractivity contribution < 1.29 is 9.90 Å². The van der Waals surface area contributed by atoms with E-state index in [9.17, 15) is 4.79 Å². The molecule has 0 atom stereocenters. The van der Waals surface area contributed by atoms with Crippen LogP contribution in [0.3, 0.4) is 0 Å². The molecule has 0 bridgehead atoms. The Hall–Kier alpha value is -1.15. The van der Waals surface area contributed by atoms with Crippen molar-refractivity contribution in [1.29, 1.82) is 0 Å². The van der Waals surface area contributed by atoms with Crippen molar-refractivity contribution in [3.8, 4) is 0 Å². The van der Waals surface area contributed by atoms with Gasteiger partial charge in [-0.3, -0.25) is 0 Å². The first-order valence-electron chi connectivity index (χ1n) is 6.97. The molecule has 0 radical (unpaired) electrons. The number of rotatable bonds is 5. The first-order valence-corrected chi connectivity index (χ1v) is 6.97. The first-order chi connectivity index (χ1) is 8.83. The maximum Gasteiger partial charge on any atom is 0.120 e. The Labute approximate surface area is 109 Å². The van der Waals surface area contributed by atoms with Crippen LogP contribution >= 0.6 is 0 Å². The SMILES string of the molecule is O=CCC1CCC(c2ccc(CCO)cc2)CC1. The molecule has 1 aromatic rings. The van der Waals surface area contributed by atoms with Gasteiger partial charge in [-0.2, -0.15) is 0 Å². The Balaban J connectivity index is 1.90. The molecule has 2 heteroatoms. The van der Waals surface area contributed by atoms with Crippen LogP contribution in [0.4, 0.5) is 0 Å². The number of aldehydes is 1. The monoisotopic (exact) mass is 246 g/mol. The van der Waals surface area contributed by atoms with E-state index in [0.717, 1.165) is 19.1 Å². The zero-order valence-electron chi connectivity index (χ0n) is 10.8. The Kier molecular flexibility index (Phi) is 4.94. The molecule has 0 heterocycles. The molecular weight excluding hydrogens is 224 g/mol. The third-order valence-electron chi connectivity index (χ3n) is 4.13. The summed E-state index contributed by atoms with van der Waals surface area (Å²) in [6.45, 7) is 0.218. The third kappa shape index (κ3) is 3.42. The van der Waals surface area contributed by atoms with Gasteiger partial charge in [-0.05, 0) is 55.1 Å². The van der Waals surface area contributed by atoms with E-state index in [2.05, 4.69) is 24.3 Å². The van der Waals surface area contributed by atoms with E-state index in [1.807, 2.05) is 0 Å². The molecule has 0 spiro atoms. The van der Waals surface area contributed by atoms with Crippen molar-refractivity contribution in [3.05, 3.63) is 35.4 Å². The number of hydrogen-bond acceptors (Lipinski definition) is 2. The summed E-state index contributed by atoms with van der Waals surface area (Å²) in [4.78, 5) is 10.5. The van der Waals surface area contributed by atoms with Crippen LogP contribution in [0, 0.1) is 5.92 Å². The predicted molar refractivity (Wildman–Crippen MR) is 72.6 cm³/mol. The highest BCUT2D eigenvalue weighted by Gasteiger charge is 2.21. The minimum atomic E-state index is 0.218. The zero-order valence-corrected chi connectivity index (χ0v) is 10.8. The average Bonchev–Trinajstić information content (AvgIpc) is 2.41. The van der Waals surface area contributed by atoms with Gasteiger partial charge in [0.2, 0.25) is 0 Å². The van der Waals surface area contributed by atoms with E-state index >= 15 is 0 Å². The van der Waals surface area contributed by atoms with Gasteiger partial charge in [-0.1, -0.05) is 24.3 Å². The van der Waals surface area contributed by atoms with Gasteiger partial charge in [0.25, 0.3) is 0 Å². The Morgan fingerprint density at radius 2 is 1.78 bits per heavy atom. The fraction of sp³-hybridized carbons (Fsp3) is 0.562. The fourth-order valence-corrected chi connectivity index (χ4v) is 2.95. The quantitative estimate of drug-likeness (QED) is 0.811. The lowest BCUT2D eigenvalue weighted by Crippen LogP contribution is -2.13. The smallest absolute Gasteiger partial charge is 0.120 e. The molecule has 0 amide bonds. The summed E-state index contributed by atoms with van der Waals surface area (Å²) in [6.07, 6.45) is 7.32. The average molecular weight is 246 g/mol. The third-order valence-corrected chi connectivity index (χ3v) is 4.13. The van der Waals surface area contributed by atoms with Gasteiger partial charge in [0.05, 0.1) is 0 Å². The molecule has 0 saturated heterocycles. The van der Waals surface area contributed by atoms with Crippen molar-refractivity contribution in [3.63, 3.8) is 0 Å². The highest BCUT2D eigenvalue weighted by molar-refractivity contribution is 5.49. The number of aliphatic hydroxyl groups excluding tert-OH is 1. The van der Waals surface area contributed by atoms with Gasteiger partial charge < -0.3 is 9.90 Å². The van der Waals surface area contributed by atoms with Crippen molar-refractivity contribution in [1.82, 2.24) is 0 Å². The van der Waals surface area contributed by atoms with Crippen LogP contribution in [-0.4, -0.2) is 18.0 Å². The predicted octanol–water partition coefficient (Wildman–Crippen LogP) is 3.08. The van der Waals surface area contributed by atoms with Crippen molar-refractivity contribution in [2.24, 2.45) is 5.92 Å². The molecule has 2 nitrogen and oxygen atoms in total. The maximum absolute atomic E-state index is 10.5. The molecule has 1 fully saturated rings. The number of aliphatic hydroxyl groups is 1. The van der Waals surface area contributed by atoms with E-state index < -0.39 is 0 Å². The van der Waals surface area contributed by atoms with E-state index in [1.54, 1.807) is 0 Å². The Morgan fingerprint density at radius 1 is 1.11 bits per heavy atom. The minimum Gasteiger partial charge on any atom is -0.396 e. The van der Waals surface area contributed by atoms with E-state index in [4.69, 9.17) is 5.11 Å². The molecule has 0 aromatic heterocycles. The summed E-state index contributed by atoms with van der Waals surface area (Å²) in [5, 5.41) is 8.89. The molecule has 1 aliphatic rings. The van der Waals surface area contributed by atoms with Crippen LogP contribution in [0.25, 0.3) is 0 Å². The van der Waals surface area contributed by atoms with Gasteiger partial charge in [0, 0.05) is 13.0 Å². The van der Waals surface area contributed by atoms with Gasteiger partial charge in [0.1, 0.15) is 6.29 Å². The molecule has 18 heavy (non-hydrogen) atoms. The number of carbonyl (C=O) groups is 1. The number of carbonyl (C=O) groups excluding carboxylic acids is 1. The number of benzene rings is 1. The maximum atomic E-state index is 10.5. The number of hydrogen-bond donors (Lipinski definition) is 1. The summed E-state index contributed by atoms with van der Waals surface area (Å²) in [5.74, 6) is 1.28. The van der Waals surface area contributed by atoms with Gasteiger partial charge >= 0.3 is 0 Å². The largest absolute Gasteiger partial charge is 0.396 e. The molecule has 98 valence electrons. The lowest BCUT2D eigenvalue weighted by Gasteiger charge is -2.27. The van der Waals surface area contributed by atoms with Gasteiger partial charge in [0.15, 0.2) is 0 Å². The summed E-state index contributed by atoms with van der Waals surface area (Å²) in [6, 6.07) is 8.66. The van der Waals surface area contributed by atoms with Crippen LogP contribution in [0.2, 0.25) is 0 Å². The normalized spacial score (nSPS) is 23.8. The van der Waals surface area contributed by atoms with E-state index in [-0.39, 0.29) is 6.61 Å². The lowest BCUT2D eigenvalue weighted by atomic mass is 9.77. The van der Waals surface area contributed by atoms with Crippen LogP contribution in [0.1, 0.15) is 49.1 Å². The van der Waals surface area contributed by atoms with Crippen molar-refractivity contribution in [2.75, 3.05) is 6.61 Å². The van der Waals surface area contributed by atoms with E-state index in [1.165, 1.54) is 36.8 Å². The molecular formula is C16H22O2. The summed E-state index contributed by atoms with van der Waals surface area (Å²) in [7, 11) is 0. The summed E-state index contributed by atoms with van der Waals surface area (Å²) < 4.78 is 0. The van der Waals surface area contributed by atoms with E-state index in [0.29, 0.717) is 11.8 Å². The van der Waals surface area contributed by atoms with Gasteiger partial charge in [-0.25, -0.2) is 0 Å². The lowest BCUT2D eigenvalue weighted by molar-refractivity contribution is -0.108. The highest BCUT2D eigenvalue weighted by Crippen LogP contribution is 2.36. The standard InChI is InChI=1S/C16H22O2/c17-11-9-13-1-5-15(6-2-13)16-7-3-14(4-8-16)10-12-18/h1-2,5-6,12,14,16-17H,3-4,7-11H2. The molecule has 1 saturated carbocycles. The second-order valence-electron chi connectivity index (χ2n) is 5.34. The Morgan fingerprint density at radius 3 is 2.33 bits per heavy atom. The van der Waals surface area contributed by atoms with Crippen LogP contribution in [0.15, 0.2) is 24.3 Å². The summed E-state index contributed by atoms with van der Waals surface area (Å²) >= 11 is 0. The second-order valence-corrected chi connectivity index (χ2v) is 5.34. The second kappa shape index (κ2) is 6.69. The van der Waals surface area contributed by atoms with Crippen LogP contribution in [0.5, 0.6) is 0 Å². The summed E-state index contributed by atoms with van der Waals surface area (Å²) in [5.41, 5.74) is 2.62. The van der Waals surface area contributed by atoms with Crippen molar-refractivity contribution in [2.45, 2.75) is 44.4 Å². The molecule has 0 aliphatic heterocycles.